The van der Waals surface area contributed by atoms with Crippen molar-refractivity contribution in [3.05, 3.63) is 108 Å². The first-order valence-electron chi connectivity index (χ1n) is 12.1. The Balaban J connectivity index is 1.42. The van der Waals surface area contributed by atoms with Gasteiger partial charge in [-0.1, -0.05) is 78.7 Å². The topological polar surface area (TPSA) is 123 Å². The van der Waals surface area contributed by atoms with Gasteiger partial charge in [0.15, 0.2) is 6.04 Å². The Morgan fingerprint density at radius 1 is 0.923 bits per heavy atom. The van der Waals surface area contributed by atoms with Crippen molar-refractivity contribution in [1.82, 2.24) is 15.1 Å². The normalized spacial score (nSPS) is 11.8. The van der Waals surface area contributed by atoms with Crippen LogP contribution < -0.4 is 10.6 Å². The molecule has 4 rings (SSSR count). The van der Waals surface area contributed by atoms with E-state index in [4.69, 9.17) is 4.74 Å². The summed E-state index contributed by atoms with van der Waals surface area (Å²) in [5, 5.41) is 18.9. The quantitative estimate of drug-likeness (QED) is 0.303. The summed E-state index contributed by atoms with van der Waals surface area (Å²) in [4.78, 5) is 36.5. The molecule has 0 saturated carbocycles. The van der Waals surface area contributed by atoms with Gasteiger partial charge in [-0.2, -0.15) is 5.10 Å². The first-order chi connectivity index (χ1) is 18.8. The summed E-state index contributed by atoms with van der Waals surface area (Å²) < 4.78 is 7.05. The lowest BCUT2D eigenvalue weighted by Crippen LogP contribution is -2.32. The van der Waals surface area contributed by atoms with E-state index in [1.54, 1.807) is 74.8 Å². The van der Waals surface area contributed by atoms with Crippen LogP contribution in [0.5, 0.6) is 0 Å². The highest BCUT2D eigenvalue weighted by atomic mass is 16.6. The van der Waals surface area contributed by atoms with E-state index in [2.05, 4.69) is 27.6 Å². The third-order valence-corrected chi connectivity index (χ3v) is 5.88. The average Bonchev–Trinajstić information content (AvgIpc) is 3.31. The number of aliphatic carboxylic acids is 1. The number of hydrogen-bond acceptors (Lipinski definition) is 5. The Bertz CT molecular complexity index is 1520. The van der Waals surface area contributed by atoms with Crippen molar-refractivity contribution in [2.75, 3.05) is 5.32 Å². The monoisotopic (exact) mass is 522 g/mol. The third kappa shape index (κ3) is 6.90. The van der Waals surface area contributed by atoms with E-state index in [9.17, 15) is 19.5 Å². The molecule has 0 aliphatic carbocycles. The van der Waals surface area contributed by atoms with Crippen LogP contribution in [0.15, 0.2) is 91.1 Å². The van der Waals surface area contributed by atoms with E-state index in [0.29, 0.717) is 22.5 Å². The second-order valence-electron chi connectivity index (χ2n) is 8.60. The van der Waals surface area contributed by atoms with E-state index in [1.807, 2.05) is 30.3 Å². The molecule has 0 spiro atoms. The van der Waals surface area contributed by atoms with Gasteiger partial charge >= 0.3 is 12.1 Å². The Morgan fingerprint density at radius 2 is 1.54 bits per heavy atom. The van der Waals surface area contributed by atoms with Crippen LogP contribution in [0, 0.1) is 11.8 Å². The number of nitrogens with zero attached hydrogens (tertiary/aromatic N) is 2. The number of hydrogen-bond donors (Lipinski definition) is 3. The SMILES string of the molecule is CC(OC(=O)Nc1c(-c2ccc(C#CC(=O)NC(C(=O)O)c3ccccc3)cc2)cnn1C)c1ccccc1. The van der Waals surface area contributed by atoms with Crippen molar-refractivity contribution in [1.29, 1.82) is 0 Å². The number of nitrogens with one attached hydrogen (secondary N) is 2. The molecule has 4 aromatic rings. The van der Waals surface area contributed by atoms with Crippen LogP contribution in [0.1, 0.15) is 35.8 Å². The van der Waals surface area contributed by atoms with Crippen molar-refractivity contribution in [2.45, 2.75) is 19.1 Å². The highest BCUT2D eigenvalue weighted by Crippen LogP contribution is 2.28. The lowest BCUT2D eigenvalue weighted by molar-refractivity contribution is -0.141. The largest absolute Gasteiger partial charge is 0.479 e. The summed E-state index contributed by atoms with van der Waals surface area (Å²) in [5.74, 6) is 3.74. The predicted molar refractivity (Wildman–Crippen MR) is 145 cm³/mol. The van der Waals surface area contributed by atoms with Gasteiger partial charge in [0.2, 0.25) is 0 Å². The number of rotatable bonds is 7. The Hall–Kier alpha value is -5.36. The molecule has 3 N–H and O–H groups in total. The molecule has 1 heterocycles. The molecule has 1 aromatic heterocycles. The second kappa shape index (κ2) is 12.3. The molecule has 0 saturated heterocycles. The summed E-state index contributed by atoms with van der Waals surface area (Å²) in [7, 11) is 1.71. The predicted octanol–water partition coefficient (Wildman–Crippen LogP) is 4.69. The zero-order chi connectivity index (χ0) is 27.8. The zero-order valence-corrected chi connectivity index (χ0v) is 21.3. The minimum absolute atomic E-state index is 0.434. The molecule has 9 nitrogen and oxygen atoms in total. The van der Waals surface area contributed by atoms with E-state index >= 15 is 0 Å². The van der Waals surface area contributed by atoms with Crippen LogP contribution in [-0.4, -0.2) is 32.9 Å². The highest BCUT2D eigenvalue weighted by Gasteiger charge is 2.21. The molecule has 196 valence electrons. The first-order valence-corrected chi connectivity index (χ1v) is 12.1. The highest BCUT2D eigenvalue weighted by molar-refractivity contribution is 5.97. The van der Waals surface area contributed by atoms with Gasteiger partial charge in [-0.05, 0) is 35.7 Å². The smallest absolute Gasteiger partial charge is 0.413 e. The molecule has 0 aliphatic heterocycles. The summed E-state index contributed by atoms with van der Waals surface area (Å²) in [5.41, 5.74) is 3.31. The van der Waals surface area contributed by atoms with Crippen molar-refractivity contribution in [3.63, 3.8) is 0 Å². The Labute approximate surface area is 225 Å². The van der Waals surface area contributed by atoms with Crippen LogP contribution in [-0.2, 0) is 21.4 Å². The van der Waals surface area contributed by atoms with Gasteiger partial charge < -0.3 is 15.2 Å². The number of carboxylic acids is 1. The fraction of sp³-hybridized carbons (Fsp3) is 0.133. The van der Waals surface area contributed by atoms with E-state index in [1.165, 1.54) is 4.68 Å². The molecule has 39 heavy (non-hydrogen) atoms. The third-order valence-electron chi connectivity index (χ3n) is 5.88. The zero-order valence-electron chi connectivity index (χ0n) is 21.3. The number of carboxylic acid groups (broad SMARTS) is 1. The summed E-state index contributed by atoms with van der Waals surface area (Å²) in [6.07, 6.45) is 0.580. The molecule has 0 fully saturated rings. The lowest BCUT2D eigenvalue weighted by Gasteiger charge is -2.15. The maximum absolute atomic E-state index is 12.6. The Kier molecular flexibility index (Phi) is 8.39. The number of ether oxygens (including phenoxy) is 1. The molecule has 9 heteroatoms. The molecule has 2 atom stereocenters. The maximum atomic E-state index is 12.6. The second-order valence-corrected chi connectivity index (χ2v) is 8.60. The molecule has 2 amide bonds. The van der Waals surface area contributed by atoms with E-state index in [-0.39, 0.29) is 0 Å². The minimum Gasteiger partial charge on any atom is -0.479 e. The van der Waals surface area contributed by atoms with Crippen molar-refractivity contribution in [3.8, 4) is 23.0 Å². The van der Waals surface area contributed by atoms with Gasteiger partial charge in [0.05, 0.1) is 6.20 Å². The Morgan fingerprint density at radius 3 is 2.15 bits per heavy atom. The van der Waals surface area contributed by atoms with Crippen LogP contribution >= 0.6 is 0 Å². The van der Waals surface area contributed by atoms with Gasteiger partial charge in [-0.25, -0.2) is 9.59 Å². The number of aromatic nitrogens is 2. The standard InChI is InChI=1S/C30H26N4O5/c1-20(22-9-5-3-6-10-22)39-30(38)33-28-25(19-31-34(28)2)23-16-13-21(14-17-23)15-18-26(35)32-27(29(36)37)24-11-7-4-8-12-24/h3-14,16-17,19-20,27H,1-2H3,(H,32,35)(H,33,38)(H,36,37). The van der Waals surface area contributed by atoms with Gasteiger partial charge in [-0.15, -0.1) is 0 Å². The molecule has 0 bridgehead atoms. The van der Waals surface area contributed by atoms with Crippen molar-refractivity contribution in [2.24, 2.45) is 7.05 Å². The number of aryl methyl sites for hydroxylation is 1. The summed E-state index contributed by atoms with van der Waals surface area (Å²) in [6.45, 7) is 1.79. The molecule has 0 radical (unpaired) electrons. The number of anilines is 1. The minimum atomic E-state index is -1.20. The first kappa shape index (κ1) is 26.7. The fourth-order valence-corrected chi connectivity index (χ4v) is 3.84. The lowest BCUT2D eigenvalue weighted by atomic mass is 10.1. The molecular weight excluding hydrogens is 496 g/mol. The molecule has 0 aliphatic rings. The summed E-state index contributed by atoms with van der Waals surface area (Å²) in [6, 6.07) is 23.6. The number of carbonyl (C=O) groups excluding carboxylic acids is 2. The van der Waals surface area contributed by atoms with E-state index in [0.717, 1.165) is 11.1 Å². The molecule has 3 aromatic carbocycles. The number of amides is 2. The van der Waals surface area contributed by atoms with Crippen LogP contribution in [0.25, 0.3) is 11.1 Å². The molecular formula is C30H26N4O5. The van der Waals surface area contributed by atoms with Gasteiger partial charge in [0, 0.05) is 24.1 Å². The van der Waals surface area contributed by atoms with Crippen LogP contribution in [0.3, 0.4) is 0 Å². The molecule has 2 unspecified atom stereocenters. The van der Waals surface area contributed by atoms with Crippen molar-refractivity contribution < 1.29 is 24.2 Å². The van der Waals surface area contributed by atoms with Gasteiger partial charge in [0.1, 0.15) is 11.9 Å². The van der Waals surface area contributed by atoms with E-state index < -0.39 is 30.1 Å². The van der Waals surface area contributed by atoms with Crippen LogP contribution in [0.2, 0.25) is 0 Å². The van der Waals surface area contributed by atoms with Crippen LogP contribution in [0.4, 0.5) is 10.6 Å². The van der Waals surface area contributed by atoms with Crippen molar-refractivity contribution >= 4 is 23.8 Å². The number of benzene rings is 3. The van der Waals surface area contributed by atoms with Gasteiger partial charge in [0.25, 0.3) is 5.91 Å². The fourth-order valence-electron chi connectivity index (χ4n) is 3.84. The van der Waals surface area contributed by atoms with Gasteiger partial charge in [-0.3, -0.25) is 14.8 Å². The average molecular weight is 523 g/mol. The summed E-state index contributed by atoms with van der Waals surface area (Å²) >= 11 is 0. The number of carbonyl (C=O) groups is 3. The maximum Gasteiger partial charge on any atom is 0.413 e.